The van der Waals surface area contributed by atoms with E-state index in [0.29, 0.717) is 28.1 Å². The summed E-state index contributed by atoms with van der Waals surface area (Å²) in [5.41, 5.74) is 3.01. The van der Waals surface area contributed by atoms with Crippen molar-refractivity contribution in [1.82, 2.24) is 5.32 Å². The third-order valence-corrected chi connectivity index (χ3v) is 8.35. The first-order valence-corrected chi connectivity index (χ1v) is 16.2. The van der Waals surface area contributed by atoms with Crippen molar-refractivity contribution in [3.63, 3.8) is 0 Å². The number of nitrogens with one attached hydrogen (secondary N) is 3. The van der Waals surface area contributed by atoms with Crippen LogP contribution in [0.5, 0.6) is 0 Å². The normalized spacial score (nSPS) is 11.6. The first kappa shape index (κ1) is 34.3. The van der Waals surface area contributed by atoms with Crippen LogP contribution in [-0.4, -0.2) is 30.3 Å². The highest BCUT2D eigenvalue weighted by Crippen LogP contribution is 2.37. The fourth-order valence-corrected chi connectivity index (χ4v) is 5.66. The van der Waals surface area contributed by atoms with Crippen LogP contribution in [-0.2, 0) is 14.3 Å². The molecule has 0 aromatic heterocycles. The van der Waals surface area contributed by atoms with Crippen molar-refractivity contribution in [2.45, 2.75) is 17.1 Å². The lowest BCUT2D eigenvalue weighted by atomic mass is 10.1. The van der Waals surface area contributed by atoms with Crippen LogP contribution in [0.25, 0.3) is 6.08 Å². The molecule has 10 heteroatoms. The van der Waals surface area contributed by atoms with Crippen molar-refractivity contribution in [3.8, 4) is 0 Å². The van der Waals surface area contributed by atoms with E-state index in [9.17, 15) is 23.6 Å². The van der Waals surface area contributed by atoms with Gasteiger partial charge in [0.15, 0.2) is 0 Å². The molecule has 0 saturated heterocycles. The number of anilines is 2. The van der Waals surface area contributed by atoms with E-state index in [1.54, 1.807) is 85.8 Å². The molecular formula is C39H32FN3O5S. The number of carbonyl (C=O) groups is 4. The van der Waals surface area contributed by atoms with E-state index in [0.717, 1.165) is 10.5 Å². The van der Waals surface area contributed by atoms with Crippen LogP contribution in [0.3, 0.4) is 0 Å². The van der Waals surface area contributed by atoms with Crippen LogP contribution in [0.15, 0.2) is 144 Å². The Hall–Kier alpha value is -6.00. The number of benzene rings is 5. The van der Waals surface area contributed by atoms with Gasteiger partial charge in [0, 0.05) is 21.8 Å². The highest BCUT2D eigenvalue weighted by atomic mass is 32.2. The lowest BCUT2D eigenvalue weighted by Crippen LogP contribution is -2.30. The van der Waals surface area contributed by atoms with Gasteiger partial charge in [0.05, 0.1) is 12.2 Å². The molecule has 8 nitrogen and oxygen atoms in total. The van der Waals surface area contributed by atoms with E-state index < -0.39 is 28.9 Å². The van der Waals surface area contributed by atoms with Gasteiger partial charge in [-0.2, -0.15) is 0 Å². The predicted molar refractivity (Wildman–Crippen MR) is 189 cm³/mol. The van der Waals surface area contributed by atoms with Crippen molar-refractivity contribution in [3.05, 3.63) is 167 Å². The molecule has 0 aliphatic heterocycles. The molecule has 3 amide bonds. The molecule has 0 fully saturated rings. The second-order valence-corrected chi connectivity index (χ2v) is 11.8. The third kappa shape index (κ3) is 9.75. The minimum atomic E-state index is -0.621. The highest BCUT2D eigenvalue weighted by Gasteiger charge is 2.23. The van der Waals surface area contributed by atoms with Gasteiger partial charge in [-0.25, -0.2) is 9.18 Å². The van der Waals surface area contributed by atoms with Crippen molar-refractivity contribution in [1.29, 1.82) is 0 Å². The van der Waals surface area contributed by atoms with Crippen molar-refractivity contribution in [2.75, 3.05) is 17.2 Å². The van der Waals surface area contributed by atoms with E-state index in [-0.39, 0.29) is 18.2 Å². The first-order valence-electron chi connectivity index (χ1n) is 15.3. The minimum absolute atomic E-state index is 0.0324. The zero-order valence-corrected chi connectivity index (χ0v) is 27.2. The van der Waals surface area contributed by atoms with Gasteiger partial charge >= 0.3 is 5.97 Å². The summed E-state index contributed by atoms with van der Waals surface area (Å²) < 4.78 is 18.5. The van der Waals surface area contributed by atoms with Crippen LogP contribution < -0.4 is 16.0 Å². The molecule has 0 aliphatic rings. The summed E-state index contributed by atoms with van der Waals surface area (Å²) in [4.78, 5) is 52.6. The molecule has 0 heterocycles. The minimum Gasteiger partial charge on any atom is -0.462 e. The fraction of sp³-hybridized carbons (Fsp3) is 0.0769. The molecule has 246 valence electrons. The average Bonchev–Trinajstić information content (AvgIpc) is 3.13. The average molecular weight is 674 g/mol. The smallest absolute Gasteiger partial charge is 0.338 e. The van der Waals surface area contributed by atoms with Gasteiger partial charge in [0.25, 0.3) is 11.8 Å². The molecule has 5 rings (SSSR count). The second-order valence-electron chi connectivity index (χ2n) is 10.6. The number of thioether (sulfide) groups is 1. The Kier molecular flexibility index (Phi) is 11.7. The SMILES string of the molecule is CCOC(=O)c1ccc(NC(=O)C(Sc2ccc(NC(=O)/C(=C/c3ccc(F)cc3)NC(=O)c3ccccc3)cc2)c2ccccc2)cc1. The molecule has 3 N–H and O–H groups in total. The van der Waals surface area contributed by atoms with Gasteiger partial charge in [-0.3, -0.25) is 14.4 Å². The summed E-state index contributed by atoms with van der Waals surface area (Å²) >= 11 is 1.33. The van der Waals surface area contributed by atoms with Crippen molar-refractivity contribution < 1.29 is 28.3 Å². The molecule has 5 aromatic rings. The fourth-order valence-electron chi connectivity index (χ4n) is 4.63. The molecule has 1 unspecified atom stereocenters. The van der Waals surface area contributed by atoms with Crippen LogP contribution in [0.1, 0.15) is 44.0 Å². The zero-order chi connectivity index (χ0) is 34.6. The second kappa shape index (κ2) is 16.7. The largest absolute Gasteiger partial charge is 0.462 e. The quantitative estimate of drug-likeness (QED) is 0.0706. The third-order valence-electron chi connectivity index (χ3n) is 7.08. The molecular weight excluding hydrogens is 642 g/mol. The monoisotopic (exact) mass is 673 g/mol. The number of ether oxygens (including phenoxy) is 1. The maximum absolute atomic E-state index is 13.5. The topological polar surface area (TPSA) is 114 Å². The van der Waals surface area contributed by atoms with Gasteiger partial charge in [0.2, 0.25) is 5.91 Å². The number of amides is 3. The Bertz CT molecular complexity index is 1930. The molecule has 0 aliphatic carbocycles. The van der Waals surface area contributed by atoms with E-state index >= 15 is 0 Å². The summed E-state index contributed by atoms with van der Waals surface area (Å²) in [5, 5.41) is 7.77. The summed E-state index contributed by atoms with van der Waals surface area (Å²) in [6.45, 7) is 2.00. The summed E-state index contributed by atoms with van der Waals surface area (Å²) in [7, 11) is 0. The van der Waals surface area contributed by atoms with Crippen LogP contribution in [0.2, 0.25) is 0 Å². The molecule has 0 bridgehead atoms. The molecule has 0 spiro atoms. The predicted octanol–water partition coefficient (Wildman–Crippen LogP) is 7.88. The number of rotatable bonds is 12. The lowest BCUT2D eigenvalue weighted by Gasteiger charge is -2.18. The molecule has 5 aromatic carbocycles. The Labute approximate surface area is 287 Å². The van der Waals surface area contributed by atoms with Crippen molar-refractivity contribution >= 4 is 52.9 Å². The first-order chi connectivity index (χ1) is 23.8. The molecule has 1 atom stereocenters. The lowest BCUT2D eigenvalue weighted by molar-refractivity contribution is -0.116. The molecule has 0 saturated carbocycles. The van der Waals surface area contributed by atoms with Crippen LogP contribution in [0, 0.1) is 5.82 Å². The summed E-state index contributed by atoms with van der Waals surface area (Å²) in [6, 6.07) is 36.8. The van der Waals surface area contributed by atoms with Gasteiger partial charge in [-0.05, 0) is 96.9 Å². The number of halogens is 1. The van der Waals surface area contributed by atoms with E-state index in [2.05, 4.69) is 16.0 Å². The van der Waals surface area contributed by atoms with Gasteiger partial charge < -0.3 is 20.7 Å². The number of hydrogen-bond acceptors (Lipinski definition) is 6. The summed E-state index contributed by atoms with van der Waals surface area (Å²) in [6.07, 6.45) is 1.47. The highest BCUT2D eigenvalue weighted by molar-refractivity contribution is 8.00. The number of hydrogen-bond donors (Lipinski definition) is 3. The van der Waals surface area contributed by atoms with E-state index in [4.69, 9.17) is 4.74 Å². The maximum Gasteiger partial charge on any atom is 0.338 e. The van der Waals surface area contributed by atoms with Crippen LogP contribution in [0.4, 0.5) is 15.8 Å². The summed E-state index contributed by atoms with van der Waals surface area (Å²) in [5.74, 6) is -2.18. The Morgan fingerprint density at radius 2 is 1.31 bits per heavy atom. The van der Waals surface area contributed by atoms with Gasteiger partial charge in [0.1, 0.15) is 16.8 Å². The number of carbonyl (C=O) groups excluding carboxylic acids is 4. The Balaban J connectivity index is 1.30. The van der Waals surface area contributed by atoms with Crippen molar-refractivity contribution in [2.24, 2.45) is 0 Å². The van der Waals surface area contributed by atoms with Crippen LogP contribution >= 0.6 is 11.8 Å². The zero-order valence-electron chi connectivity index (χ0n) is 26.4. The van der Waals surface area contributed by atoms with Gasteiger partial charge in [-0.15, -0.1) is 11.8 Å². The molecule has 49 heavy (non-hydrogen) atoms. The van der Waals surface area contributed by atoms with E-state index in [1.165, 1.54) is 42.1 Å². The standard InChI is InChI=1S/C39H32FN3O5S/c1-2-48-39(47)29-15-19-31(20-16-29)42-38(46)35(27-9-5-3-6-10-27)49-33-23-21-32(22-24-33)41-37(45)34(25-26-13-17-30(40)18-14-26)43-36(44)28-11-7-4-8-12-28/h3-25,35H,2H2,1H3,(H,41,45)(H,42,46)(H,43,44)/b34-25-. The van der Waals surface area contributed by atoms with E-state index in [1.807, 2.05) is 30.3 Å². The Morgan fingerprint density at radius 1 is 0.714 bits per heavy atom. The van der Waals surface area contributed by atoms with Gasteiger partial charge in [-0.1, -0.05) is 60.7 Å². The Morgan fingerprint density at radius 3 is 1.94 bits per heavy atom. The molecule has 0 radical (unpaired) electrons. The maximum atomic E-state index is 13.5. The number of esters is 1.